The van der Waals surface area contributed by atoms with Gasteiger partial charge in [-0.15, -0.1) is 0 Å². The topological polar surface area (TPSA) is 54.0 Å². The van der Waals surface area contributed by atoms with Crippen molar-refractivity contribution < 1.29 is 24.0 Å². The van der Waals surface area contributed by atoms with Gasteiger partial charge in [0.05, 0.1) is 5.60 Å². The van der Waals surface area contributed by atoms with Gasteiger partial charge in [-0.2, -0.15) is 4.89 Å². The molecule has 0 amide bonds. The van der Waals surface area contributed by atoms with Crippen molar-refractivity contribution in [3.63, 3.8) is 0 Å². The maximum Gasteiger partial charge on any atom is 0.332 e. The van der Waals surface area contributed by atoms with Crippen LogP contribution in [-0.2, 0) is 24.0 Å². The highest BCUT2D eigenvalue weighted by Gasteiger charge is 2.29. The quantitative estimate of drug-likeness (QED) is 0.171. The van der Waals surface area contributed by atoms with Crippen molar-refractivity contribution in [3.05, 3.63) is 12.7 Å². The lowest BCUT2D eigenvalue weighted by Gasteiger charge is -2.31. The van der Waals surface area contributed by atoms with Gasteiger partial charge in [-0.3, -0.25) is 0 Å². The van der Waals surface area contributed by atoms with Crippen molar-refractivity contribution >= 4 is 5.97 Å². The molecule has 0 radical (unpaired) electrons. The minimum Gasteiger partial charge on any atom is -0.440 e. The molecule has 0 N–H and O–H groups in total. The number of carbonyl (C=O) groups excluding carboxylic acids is 1. The Morgan fingerprint density at radius 1 is 1.35 bits per heavy atom. The monoisotopic (exact) mass is 284 g/mol. The smallest absolute Gasteiger partial charge is 0.332 e. The van der Waals surface area contributed by atoms with Crippen molar-refractivity contribution in [1.29, 1.82) is 0 Å². The summed E-state index contributed by atoms with van der Waals surface area (Å²) in [5.41, 5.74) is -0.483. The first-order chi connectivity index (χ1) is 9.09. The number of carbonyl (C=O) groups is 1. The van der Waals surface area contributed by atoms with Crippen LogP contribution in [0, 0.1) is 17.9 Å². The summed E-state index contributed by atoms with van der Waals surface area (Å²) in [6, 6.07) is 0. The third kappa shape index (κ3) is 9.42. The first-order valence-corrected chi connectivity index (χ1v) is 6.34. The Kier molecular flexibility index (Phi) is 7.33. The third-order valence-corrected chi connectivity index (χ3v) is 2.05. The van der Waals surface area contributed by atoms with Crippen LogP contribution in [0.15, 0.2) is 12.7 Å². The van der Waals surface area contributed by atoms with Gasteiger partial charge in [0.25, 0.3) is 6.29 Å². The highest BCUT2D eigenvalue weighted by atomic mass is 17.2. The molecule has 0 aliphatic carbocycles. The molecule has 0 spiro atoms. The highest BCUT2D eigenvalue weighted by Crippen LogP contribution is 2.29. The minimum atomic E-state index is -1.05. The Morgan fingerprint density at radius 3 is 2.40 bits per heavy atom. The summed E-state index contributed by atoms with van der Waals surface area (Å²) in [6.45, 7) is 13.2. The lowest BCUT2D eigenvalue weighted by atomic mass is 9.84. The van der Waals surface area contributed by atoms with E-state index in [1.807, 2.05) is 20.0 Å². The van der Waals surface area contributed by atoms with E-state index >= 15 is 0 Å². The van der Waals surface area contributed by atoms with E-state index < -0.39 is 17.9 Å². The summed E-state index contributed by atoms with van der Waals surface area (Å²) < 4.78 is 9.62. The van der Waals surface area contributed by atoms with Crippen molar-refractivity contribution in [3.8, 4) is 12.5 Å². The number of hydrogen-bond acceptors (Lipinski definition) is 5. The second-order valence-electron chi connectivity index (χ2n) is 6.18. The molecule has 0 fully saturated rings. The molecule has 20 heavy (non-hydrogen) atoms. The van der Waals surface area contributed by atoms with Crippen molar-refractivity contribution in [2.75, 3.05) is 6.61 Å². The molecule has 0 saturated heterocycles. The predicted octanol–water partition coefficient (Wildman–Crippen LogP) is 2.81. The fourth-order valence-electron chi connectivity index (χ4n) is 1.87. The van der Waals surface area contributed by atoms with Crippen LogP contribution in [-0.4, -0.2) is 24.5 Å². The number of rotatable bonds is 8. The molecule has 114 valence electrons. The van der Waals surface area contributed by atoms with Gasteiger partial charge < -0.3 is 9.47 Å². The Hall–Kier alpha value is -1.51. The van der Waals surface area contributed by atoms with E-state index in [0.29, 0.717) is 0 Å². The van der Waals surface area contributed by atoms with Crippen molar-refractivity contribution in [1.82, 2.24) is 0 Å². The van der Waals surface area contributed by atoms with Crippen LogP contribution in [0.3, 0.4) is 0 Å². The van der Waals surface area contributed by atoms with Gasteiger partial charge in [-0.25, -0.2) is 9.68 Å². The van der Waals surface area contributed by atoms with E-state index in [1.165, 1.54) is 0 Å². The van der Waals surface area contributed by atoms with Crippen molar-refractivity contribution in [2.45, 2.75) is 52.9 Å². The SMILES string of the molecule is C#COCC(OOC(C)(C)CC(C)(C)C)OC(=O)C=C. The molecule has 0 aromatic rings. The third-order valence-electron chi connectivity index (χ3n) is 2.05. The van der Waals surface area contributed by atoms with Crippen LogP contribution >= 0.6 is 0 Å². The molecule has 0 saturated carbocycles. The standard InChI is InChI=1S/C15H24O5/c1-8-12(16)18-13(10-17-9-2)19-20-15(6,7)11-14(3,4)5/h2,8,13H,1,10-11H2,3-7H3. The Labute approximate surface area is 121 Å². The zero-order valence-electron chi connectivity index (χ0n) is 12.9. The minimum absolute atomic E-state index is 0.0649. The molecule has 0 aliphatic heterocycles. The zero-order chi connectivity index (χ0) is 15.8. The Balaban J connectivity index is 4.46. The molecular weight excluding hydrogens is 260 g/mol. The van der Waals surface area contributed by atoms with Crippen LogP contribution in [0.2, 0.25) is 0 Å². The second-order valence-corrected chi connectivity index (χ2v) is 6.18. The maximum absolute atomic E-state index is 11.2. The van der Waals surface area contributed by atoms with Crippen LogP contribution < -0.4 is 0 Å². The van der Waals surface area contributed by atoms with E-state index in [2.05, 4.69) is 27.4 Å². The fraction of sp³-hybridized carbons (Fsp3) is 0.667. The van der Waals surface area contributed by atoms with Gasteiger partial charge in [-0.1, -0.05) is 33.8 Å². The number of terminal acetylenes is 1. The van der Waals surface area contributed by atoms with Crippen LogP contribution in [0.4, 0.5) is 0 Å². The summed E-state index contributed by atoms with van der Waals surface area (Å²) >= 11 is 0. The zero-order valence-corrected chi connectivity index (χ0v) is 12.9. The first-order valence-electron chi connectivity index (χ1n) is 6.34. The molecule has 1 unspecified atom stereocenters. The largest absolute Gasteiger partial charge is 0.440 e. The Morgan fingerprint density at radius 2 is 1.95 bits per heavy atom. The lowest BCUT2D eigenvalue weighted by molar-refractivity contribution is -0.418. The average molecular weight is 284 g/mol. The molecular formula is C15H24O5. The molecule has 1 atom stereocenters. The van der Waals surface area contributed by atoms with Gasteiger partial charge in [0.2, 0.25) is 0 Å². The van der Waals surface area contributed by atoms with Crippen LogP contribution in [0.25, 0.3) is 0 Å². The normalized spacial score (nSPS) is 13.2. The van der Waals surface area contributed by atoms with Gasteiger partial charge >= 0.3 is 5.97 Å². The first kappa shape index (κ1) is 18.5. The van der Waals surface area contributed by atoms with Gasteiger partial charge in [0.1, 0.15) is 6.11 Å². The van der Waals surface area contributed by atoms with Gasteiger partial charge in [0.15, 0.2) is 6.61 Å². The summed E-state index contributed by atoms with van der Waals surface area (Å²) in [5, 5.41) is 0. The molecule has 0 aromatic heterocycles. The Bertz CT molecular complexity index is 359. The summed E-state index contributed by atoms with van der Waals surface area (Å²) in [7, 11) is 0. The lowest BCUT2D eigenvalue weighted by Crippen LogP contribution is -2.34. The summed E-state index contributed by atoms with van der Waals surface area (Å²) in [6.07, 6.45) is 7.67. The van der Waals surface area contributed by atoms with E-state index in [0.717, 1.165) is 12.5 Å². The van der Waals surface area contributed by atoms with E-state index in [1.54, 1.807) is 0 Å². The van der Waals surface area contributed by atoms with Crippen LogP contribution in [0.5, 0.6) is 0 Å². The molecule has 0 bridgehead atoms. The predicted molar refractivity (Wildman–Crippen MR) is 75.2 cm³/mol. The molecule has 0 heterocycles. The van der Waals surface area contributed by atoms with Gasteiger partial charge in [0, 0.05) is 6.08 Å². The summed E-state index contributed by atoms with van der Waals surface area (Å²) in [5.74, 6) is -0.646. The average Bonchev–Trinajstić information content (AvgIpc) is 2.29. The van der Waals surface area contributed by atoms with E-state index in [-0.39, 0.29) is 12.0 Å². The van der Waals surface area contributed by atoms with E-state index in [9.17, 15) is 4.79 Å². The van der Waals surface area contributed by atoms with Gasteiger partial charge in [-0.05, 0) is 25.7 Å². The van der Waals surface area contributed by atoms with E-state index in [4.69, 9.17) is 25.7 Å². The highest BCUT2D eigenvalue weighted by molar-refractivity contribution is 5.81. The molecule has 0 aliphatic rings. The number of ether oxygens (including phenoxy) is 2. The van der Waals surface area contributed by atoms with Crippen LogP contribution in [0.1, 0.15) is 41.0 Å². The fourth-order valence-corrected chi connectivity index (χ4v) is 1.87. The molecule has 0 aromatic carbocycles. The number of esters is 1. The summed E-state index contributed by atoms with van der Waals surface area (Å²) in [4.78, 5) is 21.6. The molecule has 5 nitrogen and oxygen atoms in total. The number of hydrogen-bond donors (Lipinski definition) is 0. The maximum atomic E-state index is 11.2. The second kappa shape index (κ2) is 7.93. The van der Waals surface area contributed by atoms with Crippen molar-refractivity contribution in [2.24, 2.45) is 5.41 Å². The molecule has 5 heteroatoms. The molecule has 0 rings (SSSR count).